The van der Waals surface area contributed by atoms with Crippen LogP contribution in [0.4, 0.5) is 15.2 Å². The Morgan fingerprint density at radius 1 is 0.875 bits per heavy atom. The third kappa shape index (κ3) is 5.03. The molecule has 6 heteroatoms. The summed E-state index contributed by atoms with van der Waals surface area (Å²) in [4.78, 5) is 0. The number of nitrogens with zero attached hydrogens (tertiary/aromatic N) is 2. The Hall–Kier alpha value is -2.47. The predicted molar refractivity (Wildman–Crippen MR) is 97.2 cm³/mol. The molecule has 1 aromatic heterocycles. The molecule has 0 bridgehead atoms. The molecule has 4 nitrogen and oxygen atoms in total. The smallest absolute Gasteiger partial charge is 0.205 e. The van der Waals surface area contributed by atoms with E-state index in [0.717, 1.165) is 40.9 Å². The second-order valence-electron chi connectivity index (χ2n) is 5.38. The number of aromatic nitrogens is 2. The molecular formula is C18H19FN4S. The standard InChI is InChI=1S/C18H19FN4S/c19-15-9-7-14(8-10-15)13-17-22-23-18(24-17)21-12-4-11-20-16-5-2-1-3-6-16/h1-3,5-10,20H,4,11-13H2,(H,21,23). The van der Waals surface area contributed by atoms with Gasteiger partial charge in [0.25, 0.3) is 0 Å². The zero-order valence-corrected chi connectivity index (χ0v) is 14.0. The second kappa shape index (κ2) is 8.40. The van der Waals surface area contributed by atoms with Crippen LogP contribution >= 0.6 is 11.3 Å². The minimum Gasteiger partial charge on any atom is -0.385 e. The van der Waals surface area contributed by atoms with Gasteiger partial charge in [0.2, 0.25) is 5.13 Å². The van der Waals surface area contributed by atoms with Crippen LogP contribution in [0.2, 0.25) is 0 Å². The minimum atomic E-state index is -0.220. The van der Waals surface area contributed by atoms with E-state index in [1.807, 2.05) is 18.2 Å². The summed E-state index contributed by atoms with van der Waals surface area (Å²) in [6.07, 6.45) is 1.66. The Balaban J connectivity index is 1.39. The number of rotatable bonds is 8. The van der Waals surface area contributed by atoms with Crippen molar-refractivity contribution >= 4 is 22.2 Å². The predicted octanol–water partition coefficient (Wildman–Crippen LogP) is 4.18. The molecule has 0 aliphatic rings. The molecule has 1 heterocycles. The molecule has 124 valence electrons. The van der Waals surface area contributed by atoms with Gasteiger partial charge < -0.3 is 10.6 Å². The summed E-state index contributed by atoms with van der Waals surface area (Å²) in [5.41, 5.74) is 2.17. The fourth-order valence-corrected chi connectivity index (χ4v) is 3.05. The van der Waals surface area contributed by atoms with Crippen LogP contribution in [0.5, 0.6) is 0 Å². The minimum absolute atomic E-state index is 0.220. The van der Waals surface area contributed by atoms with E-state index in [9.17, 15) is 4.39 Å². The van der Waals surface area contributed by atoms with Gasteiger partial charge in [0, 0.05) is 25.2 Å². The fraction of sp³-hybridized carbons (Fsp3) is 0.222. The molecule has 0 radical (unpaired) electrons. The quantitative estimate of drug-likeness (QED) is 0.603. The first kappa shape index (κ1) is 16.4. The highest BCUT2D eigenvalue weighted by Crippen LogP contribution is 2.18. The van der Waals surface area contributed by atoms with Crippen molar-refractivity contribution in [3.05, 3.63) is 71.0 Å². The van der Waals surface area contributed by atoms with E-state index in [1.165, 1.54) is 23.5 Å². The molecule has 0 spiro atoms. The average Bonchev–Trinajstić information content (AvgIpc) is 3.05. The summed E-state index contributed by atoms with van der Waals surface area (Å²) in [5.74, 6) is -0.220. The lowest BCUT2D eigenvalue weighted by Gasteiger charge is -2.06. The van der Waals surface area contributed by atoms with Gasteiger partial charge in [-0.1, -0.05) is 41.7 Å². The van der Waals surface area contributed by atoms with E-state index in [-0.39, 0.29) is 5.82 Å². The highest BCUT2D eigenvalue weighted by molar-refractivity contribution is 7.15. The van der Waals surface area contributed by atoms with Crippen molar-refractivity contribution in [3.8, 4) is 0 Å². The number of nitrogens with one attached hydrogen (secondary N) is 2. The van der Waals surface area contributed by atoms with E-state index in [0.29, 0.717) is 6.42 Å². The van der Waals surface area contributed by atoms with Crippen LogP contribution in [0.15, 0.2) is 54.6 Å². The summed E-state index contributed by atoms with van der Waals surface area (Å²) in [6, 6.07) is 16.6. The third-order valence-corrected chi connectivity index (χ3v) is 4.35. The second-order valence-corrected chi connectivity index (χ2v) is 6.44. The molecule has 24 heavy (non-hydrogen) atoms. The highest BCUT2D eigenvalue weighted by Gasteiger charge is 2.05. The van der Waals surface area contributed by atoms with Gasteiger partial charge >= 0.3 is 0 Å². The van der Waals surface area contributed by atoms with Gasteiger partial charge in [-0.25, -0.2) is 4.39 Å². The van der Waals surface area contributed by atoms with E-state index < -0.39 is 0 Å². The number of anilines is 2. The van der Waals surface area contributed by atoms with E-state index in [4.69, 9.17) is 0 Å². The first-order chi connectivity index (χ1) is 11.8. The lowest BCUT2D eigenvalue weighted by atomic mass is 10.2. The SMILES string of the molecule is Fc1ccc(Cc2nnc(NCCCNc3ccccc3)s2)cc1. The van der Waals surface area contributed by atoms with E-state index in [1.54, 1.807) is 12.1 Å². The van der Waals surface area contributed by atoms with Gasteiger partial charge in [-0.3, -0.25) is 0 Å². The van der Waals surface area contributed by atoms with Crippen LogP contribution in [0.3, 0.4) is 0 Å². The lowest BCUT2D eigenvalue weighted by Crippen LogP contribution is -2.08. The van der Waals surface area contributed by atoms with E-state index in [2.05, 4.69) is 33.0 Å². The van der Waals surface area contributed by atoms with Crippen LogP contribution in [0.25, 0.3) is 0 Å². The van der Waals surface area contributed by atoms with Gasteiger partial charge in [-0.15, -0.1) is 10.2 Å². The average molecular weight is 342 g/mol. The van der Waals surface area contributed by atoms with Crippen molar-refractivity contribution in [2.75, 3.05) is 23.7 Å². The molecule has 0 saturated carbocycles. The molecule has 2 aromatic carbocycles. The maximum atomic E-state index is 12.9. The Labute approximate surface area is 144 Å². The Kier molecular flexibility index (Phi) is 5.74. The van der Waals surface area contributed by atoms with Crippen molar-refractivity contribution in [1.29, 1.82) is 0 Å². The van der Waals surface area contributed by atoms with Gasteiger partial charge in [0.1, 0.15) is 10.8 Å². The number of halogens is 1. The fourth-order valence-electron chi connectivity index (χ4n) is 2.25. The van der Waals surface area contributed by atoms with Crippen molar-refractivity contribution in [2.24, 2.45) is 0 Å². The normalized spacial score (nSPS) is 10.5. The third-order valence-electron chi connectivity index (χ3n) is 3.47. The zero-order valence-electron chi connectivity index (χ0n) is 13.2. The molecule has 0 aliphatic carbocycles. The summed E-state index contributed by atoms with van der Waals surface area (Å²) in [6.45, 7) is 1.74. The maximum Gasteiger partial charge on any atom is 0.205 e. The van der Waals surface area contributed by atoms with Gasteiger partial charge in [0.15, 0.2) is 0 Å². The van der Waals surface area contributed by atoms with Crippen LogP contribution < -0.4 is 10.6 Å². The zero-order chi connectivity index (χ0) is 16.6. The van der Waals surface area contributed by atoms with Crippen molar-refractivity contribution in [3.63, 3.8) is 0 Å². The lowest BCUT2D eigenvalue weighted by molar-refractivity contribution is 0.627. The molecule has 3 rings (SSSR count). The van der Waals surface area contributed by atoms with Gasteiger partial charge in [-0.2, -0.15) is 0 Å². The van der Waals surface area contributed by atoms with Crippen LogP contribution in [-0.2, 0) is 6.42 Å². The Morgan fingerprint density at radius 3 is 2.42 bits per heavy atom. The van der Waals surface area contributed by atoms with Gasteiger partial charge in [-0.05, 0) is 36.2 Å². The van der Waals surface area contributed by atoms with Crippen molar-refractivity contribution in [2.45, 2.75) is 12.8 Å². The van der Waals surface area contributed by atoms with Crippen molar-refractivity contribution in [1.82, 2.24) is 10.2 Å². The summed E-state index contributed by atoms with van der Waals surface area (Å²) < 4.78 is 12.9. The summed E-state index contributed by atoms with van der Waals surface area (Å²) in [5, 5.41) is 16.7. The molecule has 0 fully saturated rings. The van der Waals surface area contributed by atoms with Crippen molar-refractivity contribution < 1.29 is 4.39 Å². The molecule has 0 aliphatic heterocycles. The number of hydrogen-bond acceptors (Lipinski definition) is 5. The summed E-state index contributed by atoms with van der Waals surface area (Å²) in [7, 11) is 0. The highest BCUT2D eigenvalue weighted by atomic mass is 32.1. The largest absolute Gasteiger partial charge is 0.385 e. The Bertz CT molecular complexity index is 743. The van der Waals surface area contributed by atoms with Crippen LogP contribution in [0.1, 0.15) is 17.0 Å². The monoisotopic (exact) mass is 342 g/mol. The number of benzene rings is 2. The number of para-hydroxylation sites is 1. The Morgan fingerprint density at radius 2 is 1.62 bits per heavy atom. The van der Waals surface area contributed by atoms with E-state index >= 15 is 0 Å². The topological polar surface area (TPSA) is 49.8 Å². The maximum absolute atomic E-state index is 12.9. The molecule has 0 atom stereocenters. The van der Waals surface area contributed by atoms with Gasteiger partial charge in [0.05, 0.1) is 0 Å². The molecule has 3 aromatic rings. The molecule has 2 N–H and O–H groups in total. The first-order valence-corrected chi connectivity index (χ1v) is 8.71. The van der Waals surface area contributed by atoms with Crippen LogP contribution in [0, 0.1) is 5.82 Å². The molecular weight excluding hydrogens is 323 g/mol. The first-order valence-electron chi connectivity index (χ1n) is 7.89. The summed E-state index contributed by atoms with van der Waals surface area (Å²) >= 11 is 1.54. The molecule has 0 unspecified atom stereocenters. The number of hydrogen-bond donors (Lipinski definition) is 2. The molecule has 0 amide bonds. The van der Waals surface area contributed by atoms with Crippen LogP contribution in [-0.4, -0.2) is 23.3 Å². The molecule has 0 saturated heterocycles.